The summed E-state index contributed by atoms with van der Waals surface area (Å²) in [7, 11) is 0. The molecule has 1 aliphatic heterocycles. The van der Waals surface area contributed by atoms with Gasteiger partial charge in [0.15, 0.2) is 0 Å². The zero-order valence-electron chi connectivity index (χ0n) is 15.7. The highest BCUT2D eigenvalue weighted by atomic mass is 35.5. The second-order valence-corrected chi connectivity index (χ2v) is 7.73. The van der Waals surface area contributed by atoms with Gasteiger partial charge in [-0.2, -0.15) is 0 Å². The van der Waals surface area contributed by atoms with Crippen LogP contribution in [-0.4, -0.2) is 35.4 Å². The standard InChI is InChI=1S/C20H25ClN4O3/c1-12(18(26)23-10-15-7-16(21)11-24-19(15)27)25-20(28)17-8-14(9-22-17)13-5-3-2-4-6-13/h2-5,7,11-14,17,22H,6,8-10H2,1H3,(H,23,26)(H,24,27)(H,25,28)/t12-,13?,14-,17+/m0/s1. The van der Waals surface area contributed by atoms with Crippen LogP contribution in [0.5, 0.6) is 0 Å². The first-order chi connectivity index (χ1) is 13.4. The Morgan fingerprint density at radius 1 is 1.36 bits per heavy atom. The topological polar surface area (TPSA) is 103 Å². The third-order valence-corrected chi connectivity index (χ3v) is 5.47. The van der Waals surface area contributed by atoms with Gasteiger partial charge >= 0.3 is 0 Å². The molecular weight excluding hydrogens is 380 g/mol. The van der Waals surface area contributed by atoms with Crippen molar-refractivity contribution in [2.24, 2.45) is 11.8 Å². The van der Waals surface area contributed by atoms with E-state index in [0.717, 1.165) is 19.4 Å². The maximum absolute atomic E-state index is 12.5. The Hall–Kier alpha value is -2.38. The zero-order valence-corrected chi connectivity index (χ0v) is 16.5. The monoisotopic (exact) mass is 404 g/mol. The van der Waals surface area contributed by atoms with Gasteiger partial charge in [0.25, 0.3) is 5.56 Å². The van der Waals surface area contributed by atoms with Crippen molar-refractivity contribution in [3.63, 3.8) is 0 Å². The van der Waals surface area contributed by atoms with Gasteiger partial charge in [0.05, 0.1) is 11.1 Å². The molecular formula is C20H25ClN4O3. The summed E-state index contributed by atoms with van der Waals surface area (Å²) in [5.41, 5.74) is 0.0449. The van der Waals surface area contributed by atoms with Crippen molar-refractivity contribution in [2.45, 2.75) is 38.4 Å². The number of carbonyl (C=O) groups excluding carboxylic acids is 2. The molecule has 1 unspecified atom stereocenters. The minimum atomic E-state index is -0.705. The first-order valence-corrected chi connectivity index (χ1v) is 9.83. The number of carbonyl (C=O) groups is 2. The van der Waals surface area contributed by atoms with E-state index in [0.29, 0.717) is 22.4 Å². The van der Waals surface area contributed by atoms with E-state index in [4.69, 9.17) is 11.6 Å². The summed E-state index contributed by atoms with van der Waals surface area (Å²) in [5.74, 6) is 0.325. The van der Waals surface area contributed by atoms with Crippen LogP contribution in [0.15, 0.2) is 41.4 Å². The van der Waals surface area contributed by atoms with Crippen molar-refractivity contribution in [3.05, 3.63) is 57.5 Å². The molecule has 2 aliphatic rings. The van der Waals surface area contributed by atoms with Gasteiger partial charge in [0.1, 0.15) is 6.04 Å². The Morgan fingerprint density at radius 3 is 2.93 bits per heavy atom. The number of amides is 2. The summed E-state index contributed by atoms with van der Waals surface area (Å²) in [6.45, 7) is 2.45. The van der Waals surface area contributed by atoms with Crippen LogP contribution in [-0.2, 0) is 16.1 Å². The second-order valence-electron chi connectivity index (χ2n) is 7.29. The number of rotatable bonds is 6. The van der Waals surface area contributed by atoms with Crippen molar-refractivity contribution in [3.8, 4) is 0 Å². The number of pyridine rings is 1. The maximum Gasteiger partial charge on any atom is 0.253 e. The van der Waals surface area contributed by atoms with Gasteiger partial charge in [0.2, 0.25) is 11.8 Å². The summed E-state index contributed by atoms with van der Waals surface area (Å²) in [6.07, 6.45) is 11.6. The molecule has 1 saturated heterocycles. The number of aromatic amines is 1. The molecule has 0 aromatic carbocycles. The van der Waals surface area contributed by atoms with Crippen molar-refractivity contribution in [1.29, 1.82) is 0 Å². The van der Waals surface area contributed by atoms with E-state index < -0.39 is 6.04 Å². The molecule has 3 rings (SSSR count). The Balaban J connectivity index is 1.46. The molecule has 4 atom stereocenters. The summed E-state index contributed by atoms with van der Waals surface area (Å²) in [4.78, 5) is 39.0. The van der Waals surface area contributed by atoms with Crippen LogP contribution in [0.2, 0.25) is 5.02 Å². The minimum Gasteiger partial charge on any atom is -0.350 e. The summed E-state index contributed by atoms with van der Waals surface area (Å²) in [5, 5.41) is 9.05. The zero-order chi connectivity index (χ0) is 20.1. The Bertz CT molecular complexity index is 848. The Kier molecular flexibility index (Phi) is 6.70. The third kappa shape index (κ3) is 5.11. The fraction of sp³-hybridized carbons (Fsp3) is 0.450. The quantitative estimate of drug-likeness (QED) is 0.573. The molecule has 0 radical (unpaired) electrons. The fourth-order valence-electron chi connectivity index (χ4n) is 3.59. The fourth-order valence-corrected chi connectivity index (χ4v) is 3.77. The van der Waals surface area contributed by atoms with Crippen LogP contribution in [0.25, 0.3) is 0 Å². The van der Waals surface area contributed by atoms with E-state index in [2.05, 4.69) is 39.2 Å². The normalized spacial score (nSPS) is 24.7. The van der Waals surface area contributed by atoms with E-state index in [9.17, 15) is 14.4 Å². The molecule has 1 aromatic heterocycles. The number of aromatic nitrogens is 1. The number of hydrogen-bond acceptors (Lipinski definition) is 4. The van der Waals surface area contributed by atoms with E-state index >= 15 is 0 Å². The number of nitrogens with one attached hydrogen (secondary N) is 4. The van der Waals surface area contributed by atoms with Crippen LogP contribution < -0.4 is 21.5 Å². The highest BCUT2D eigenvalue weighted by Crippen LogP contribution is 2.28. The molecule has 7 nitrogen and oxygen atoms in total. The minimum absolute atomic E-state index is 0.0419. The van der Waals surface area contributed by atoms with Gasteiger partial charge < -0.3 is 20.9 Å². The Morgan fingerprint density at radius 2 is 2.18 bits per heavy atom. The average molecular weight is 405 g/mol. The summed E-state index contributed by atoms with van der Waals surface area (Å²) >= 11 is 5.85. The number of H-pyrrole nitrogens is 1. The summed E-state index contributed by atoms with van der Waals surface area (Å²) in [6, 6.07) is 0.501. The van der Waals surface area contributed by atoms with Crippen molar-refractivity contribution in [2.75, 3.05) is 6.54 Å². The smallest absolute Gasteiger partial charge is 0.253 e. The van der Waals surface area contributed by atoms with E-state index in [1.807, 2.05) is 6.08 Å². The number of halogens is 1. The predicted octanol–water partition coefficient (Wildman–Crippen LogP) is 1.26. The molecule has 1 aliphatic carbocycles. The van der Waals surface area contributed by atoms with Crippen LogP contribution in [0, 0.1) is 11.8 Å². The molecule has 1 aromatic rings. The van der Waals surface area contributed by atoms with E-state index in [-0.39, 0.29) is 30.0 Å². The SMILES string of the molecule is C[C@H](NC(=O)[C@H]1C[C@H](C2C=CC=CC2)CN1)C(=O)NCc1cc(Cl)c[nH]c1=O. The van der Waals surface area contributed by atoms with Crippen LogP contribution in [0.1, 0.15) is 25.3 Å². The molecule has 8 heteroatoms. The highest BCUT2D eigenvalue weighted by molar-refractivity contribution is 6.30. The molecule has 150 valence electrons. The lowest BCUT2D eigenvalue weighted by atomic mass is 9.85. The molecule has 2 heterocycles. The molecule has 0 bridgehead atoms. The van der Waals surface area contributed by atoms with Crippen molar-refractivity contribution in [1.82, 2.24) is 20.9 Å². The van der Waals surface area contributed by atoms with Crippen LogP contribution in [0.3, 0.4) is 0 Å². The molecule has 4 N–H and O–H groups in total. The van der Waals surface area contributed by atoms with Gasteiger partial charge in [-0.15, -0.1) is 0 Å². The van der Waals surface area contributed by atoms with Crippen LogP contribution in [0.4, 0.5) is 0 Å². The Labute approximate surface area is 168 Å². The average Bonchev–Trinajstić information content (AvgIpc) is 3.19. The first kappa shape index (κ1) is 20.4. The lowest BCUT2D eigenvalue weighted by Gasteiger charge is -2.20. The third-order valence-electron chi connectivity index (χ3n) is 5.25. The van der Waals surface area contributed by atoms with E-state index in [1.165, 1.54) is 12.3 Å². The lowest BCUT2D eigenvalue weighted by Crippen LogP contribution is -2.50. The largest absolute Gasteiger partial charge is 0.350 e. The predicted molar refractivity (Wildman–Crippen MR) is 108 cm³/mol. The maximum atomic E-state index is 12.5. The molecule has 0 spiro atoms. The van der Waals surface area contributed by atoms with Crippen molar-refractivity contribution < 1.29 is 9.59 Å². The molecule has 2 amide bonds. The van der Waals surface area contributed by atoms with Gasteiger partial charge in [-0.1, -0.05) is 35.9 Å². The first-order valence-electron chi connectivity index (χ1n) is 9.46. The highest BCUT2D eigenvalue weighted by Gasteiger charge is 2.34. The van der Waals surface area contributed by atoms with Gasteiger partial charge in [0, 0.05) is 18.3 Å². The van der Waals surface area contributed by atoms with Gasteiger partial charge in [-0.05, 0) is 44.2 Å². The number of hydrogen-bond donors (Lipinski definition) is 4. The second kappa shape index (κ2) is 9.21. The van der Waals surface area contributed by atoms with Gasteiger partial charge in [-0.25, -0.2) is 0 Å². The lowest BCUT2D eigenvalue weighted by molar-refractivity contribution is -0.129. The molecule has 0 saturated carbocycles. The van der Waals surface area contributed by atoms with E-state index in [1.54, 1.807) is 6.92 Å². The number of allylic oxidation sites excluding steroid dienone is 4. The molecule has 28 heavy (non-hydrogen) atoms. The van der Waals surface area contributed by atoms with Crippen LogP contribution >= 0.6 is 11.6 Å². The van der Waals surface area contributed by atoms with Gasteiger partial charge in [-0.3, -0.25) is 14.4 Å². The van der Waals surface area contributed by atoms with Crippen molar-refractivity contribution >= 4 is 23.4 Å². The summed E-state index contributed by atoms with van der Waals surface area (Å²) < 4.78 is 0. The molecule has 1 fully saturated rings.